The van der Waals surface area contributed by atoms with E-state index < -0.39 is 23.4 Å². The van der Waals surface area contributed by atoms with Crippen molar-refractivity contribution in [3.05, 3.63) is 24.0 Å². The maximum atomic E-state index is 12.7. The molecule has 1 aliphatic heterocycles. The van der Waals surface area contributed by atoms with Crippen molar-refractivity contribution in [2.45, 2.75) is 49.9 Å². The molecule has 0 aromatic carbocycles. The number of carbonyl (C=O) groups is 1. The average molecular weight is 344 g/mol. The molecule has 0 radical (unpaired) electrons. The number of halogens is 3. The Morgan fingerprint density at radius 1 is 1.33 bits per heavy atom. The Hall–Kier alpha value is -1.83. The topological polar surface area (TPSA) is 62.7 Å². The summed E-state index contributed by atoms with van der Waals surface area (Å²) in [7, 11) is 0. The number of piperidine rings is 1. The normalized spacial score (nSPS) is 22.0. The maximum absolute atomic E-state index is 12.7. The van der Waals surface area contributed by atoms with Gasteiger partial charge in [0.2, 0.25) is 0 Å². The van der Waals surface area contributed by atoms with E-state index in [4.69, 9.17) is 4.74 Å². The quantitative estimate of drug-likeness (QED) is 0.910. The van der Waals surface area contributed by atoms with E-state index in [1.54, 1.807) is 0 Å². The Balaban J connectivity index is 1.59. The van der Waals surface area contributed by atoms with Gasteiger partial charge in [-0.05, 0) is 38.2 Å². The van der Waals surface area contributed by atoms with Crippen LogP contribution in [-0.4, -0.2) is 45.7 Å². The van der Waals surface area contributed by atoms with Gasteiger partial charge in [0.1, 0.15) is 23.1 Å². The third-order valence-corrected chi connectivity index (χ3v) is 4.95. The van der Waals surface area contributed by atoms with Gasteiger partial charge in [0.05, 0.1) is 0 Å². The van der Waals surface area contributed by atoms with Crippen molar-refractivity contribution in [1.82, 2.24) is 9.88 Å². The van der Waals surface area contributed by atoms with Crippen LogP contribution in [0.1, 0.15) is 37.8 Å². The van der Waals surface area contributed by atoms with E-state index >= 15 is 0 Å². The van der Waals surface area contributed by atoms with E-state index in [1.807, 2.05) is 4.90 Å². The number of pyridine rings is 1. The number of likely N-dealkylation sites (tertiary alicyclic amines) is 1. The maximum Gasteiger partial charge on any atom is 0.433 e. The fourth-order valence-electron chi connectivity index (χ4n) is 3.41. The fourth-order valence-corrected chi connectivity index (χ4v) is 3.41. The van der Waals surface area contributed by atoms with Crippen LogP contribution in [0.5, 0.6) is 5.75 Å². The van der Waals surface area contributed by atoms with Crippen LogP contribution in [-0.2, 0) is 11.0 Å². The molecule has 1 aromatic heterocycles. The fraction of sp³-hybridized carbons (Fsp3) is 0.625. The summed E-state index contributed by atoms with van der Waals surface area (Å²) in [6.45, 7) is 1.16. The standard InChI is InChI=1S/C16H19F3N2O3/c17-16(18,19)13-10-12(2-7-20-13)24-11-3-8-21(9-4-11)15(14(22)23)5-1-6-15/h2,7,10-11H,1,3-6,8-9H2,(H,22,23). The smallest absolute Gasteiger partial charge is 0.433 e. The molecule has 0 atom stereocenters. The van der Waals surface area contributed by atoms with Gasteiger partial charge in [-0.1, -0.05) is 0 Å². The van der Waals surface area contributed by atoms with Gasteiger partial charge < -0.3 is 9.84 Å². The molecule has 2 fully saturated rings. The van der Waals surface area contributed by atoms with Crippen LogP contribution < -0.4 is 4.74 Å². The molecule has 1 aromatic rings. The van der Waals surface area contributed by atoms with Crippen molar-refractivity contribution in [3.63, 3.8) is 0 Å². The molecule has 2 aliphatic rings. The van der Waals surface area contributed by atoms with Crippen LogP contribution in [0.3, 0.4) is 0 Å². The van der Waals surface area contributed by atoms with Crippen molar-refractivity contribution in [2.75, 3.05) is 13.1 Å². The number of aromatic nitrogens is 1. The molecule has 24 heavy (non-hydrogen) atoms. The molecule has 8 heteroatoms. The van der Waals surface area contributed by atoms with Gasteiger partial charge >= 0.3 is 12.1 Å². The molecule has 0 bridgehead atoms. The lowest BCUT2D eigenvalue weighted by Gasteiger charge is -2.49. The van der Waals surface area contributed by atoms with Crippen LogP contribution >= 0.6 is 0 Å². The number of nitrogens with zero attached hydrogens (tertiary/aromatic N) is 2. The minimum atomic E-state index is -4.50. The average Bonchev–Trinajstić information content (AvgIpc) is 2.47. The first-order chi connectivity index (χ1) is 11.3. The van der Waals surface area contributed by atoms with Gasteiger partial charge in [-0.2, -0.15) is 13.2 Å². The Kier molecular flexibility index (Phi) is 4.42. The predicted octanol–water partition coefficient (Wildman–Crippen LogP) is 2.95. The molecule has 0 amide bonds. The largest absolute Gasteiger partial charge is 0.490 e. The monoisotopic (exact) mass is 344 g/mol. The zero-order chi connectivity index (χ0) is 17.4. The van der Waals surface area contributed by atoms with Crippen LogP contribution in [0.4, 0.5) is 13.2 Å². The number of rotatable bonds is 4. The molecular weight excluding hydrogens is 325 g/mol. The first-order valence-electron chi connectivity index (χ1n) is 8.00. The summed E-state index contributed by atoms with van der Waals surface area (Å²) in [4.78, 5) is 16.8. The Morgan fingerprint density at radius 2 is 2.00 bits per heavy atom. The molecule has 0 spiro atoms. The molecule has 5 nitrogen and oxygen atoms in total. The third-order valence-electron chi connectivity index (χ3n) is 4.95. The molecule has 2 heterocycles. The molecule has 132 valence electrons. The Morgan fingerprint density at radius 3 is 2.50 bits per heavy atom. The van der Waals surface area contributed by atoms with E-state index in [0.717, 1.165) is 18.7 Å². The van der Waals surface area contributed by atoms with Crippen LogP contribution in [0.15, 0.2) is 18.3 Å². The SMILES string of the molecule is O=C(O)C1(N2CCC(Oc3ccnc(C(F)(F)F)c3)CC2)CCC1. The van der Waals surface area contributed by atoms with E-state index in [0.29, 0.717) is 38.8 Å². The highest BCUT2D eigenvalue weighted by Crippen LogP contribution is 2.40. The van der Waals surface area contributed by atoms with E-state index in [9.17, 15) is 23.1 Å². The second kappa shape index (κ2) is 6.23. The summed E-state index contributed by atoms with van der Waals surface area (Å²) in [5.74, 6) is -0.635. The van der Waals surface area contributed by atoms with Gasteiger partial charge in [0, 0.05) is 25.4 Å². The van der Waals surface area contributed by atoms with E-state index in [1.165, 1.54) is 6.07 Å². The van der Waals surface area contributed by atoms with Crippen molar-refractivity contribution in [3.8, 4) is 5.75 Å². The molecular formula is C16H19F3N2O3. The molecule has 1 saturated carbocycles. The van der Waals surface area contributed by atoms with Gasteiger partial charge in [-0.15, -0.1) is 0 Å². The number of alkyl halides is 3. The number of ether oxygens (including phenoxy) is 1. The number of aliphatic carboxylic acids is 1. The van der Waals surface area contributed by atoms with Crippen LogP contribution in [0, 0.1) is 0 Å². The first-order valence-corrected chi connectivity index (χ1v) is 8.00. The Bertz CT molecular complexity index is 609. The summed E-state index contributed by atoms with van der Waals surface area (Å²) in [5.41, 5.74) is -1.72. The molecule has 1 N–H and O–H groups in total. The second-order valence-corrected chi connectivity index (χ2v) is 6.37. The lowest BCUT2D eigenvalue weighted by atomic mass is 9.74. The molecule has 1 aliphatic carbocycles. The summed E-state index contributed by atoms with van der Waals surface area (Å²) in [5, 5.41) is 9.46. The Labute approximate surface area is 137 Å². The van der Waals surface area contributed by atoms with Crippen molar-refractivity contribution in [2.24, 2.45) is 0 Å². The highest BCUT2D eigenvalue weighted by atomic mass is 19.4. The van der Waals surface area contributed by atoms with E-state index in [-0.39, 0.29) is 11.9 Å². The first kappa shape index (κ1) is 17.0. The lowest BCUT2D eigenvalue weighted by Crippen LogP contribution is -2.61. The van der Waals surface area contributed by atoms with Crippen molar-refractivity contribution in [1.29, 1.82) is 0 Å². The van der Waals surface area contributed by atoms with Crippen molar-refractivity contribution >= 4 is 5.97 Å². The summed E-state index contributed by atoms with van der Waals surface area (Å²) in [6, 6.07) is 2.31. The number of carboxylic acids is 1. The molecule has 0 unspecified atom stereocenters. The van der Waals surface area contributed by atoms with Gasteiger partial charge in [-0.3, -0.25) is 14.7 Å². The lowest BCUT2D eigenvalue weighted by molar-refractivity contribution is -0.160. The number of carboxylic acid groups (broad SMARTS) is 1. The highest BCUT2D eigenvalue weighted by Gasteiger charge is 2.50. The summed E-state index contributed by atoms with van der Waals surface area (Å²) >= 11 is 0. The minimum absolute atomic E-state index is 0.146. The summed E-state index contributed by atoms with van der Waals surface area (Å²) < 4.78 is 43.7. The van der Waals surface area contributed by atoms with Crippen LogP contribution in [0.2, 0.25) is 0 Å². The number of hydrogen-bond acceptors (Lipinski definition) is 4. The van der Waals surface area contributed by atoms with Crippen LogP contribution in [0.25, 0.3) is 0 Å². The summed E-state index contributed by atoms with van der Waals surface area (Å²) in [6.07, 6.45) is -0.199. The molecule has 1 saturated heterocycles. The van der Waals surface area contributed by atoms with Gasteiger partial charge in [0.25, 0.3) is 0 Å². The highest BCUT2D eigenvalue weighted by molar-refractivity contribution is 5.80. The zero-order valence-electron chi connectivity index (χ0n) is 13.1. The number of hydrogen-bond donors (Lipinski definition) is 1. The van der Waals surface area contributed by atoms with Gasteiger partial charge in [-0.25, -0.2) is 0 Å². The van der Waals surface area contributed by atoms with Crippen molar-refractivity contribution < 1.29 is 27.8 Å². The van der Waals surface area contributed by atoms with Gasteiger partial charge in [0.15, 0.2) is 0 Å². The predicted molar refractivity (Wildman–Crippen MR) is 78.7 cm³/mol. The second-order valence-electron chi connectivity index (χ2n) is 6.37. The van der Waals surface area contributed by atoms with E-state index in [2.05, 4.69) is 4.98 Å². The zero-order valence-corrected chi connectivity index (χ0v) is 13.1. The third kappa shape index (κ3) is 3.19. The molecule has 3 rings (SSSR count). The minimum Gasteiger partial charge on any atom is -0.490 e.